The van der Waals surface area contributed by atoms with E-state index < -0.39 is 0 Å². The van der Waals surface area contributed by atoms with E-state index in [0.717, 1.165) is 11.8 Å². The van der Waals surface area contributed by atoms with Gasteiger partial charge in [-0.05, 0) is 24.7 Å². The van der Waals surface area contributed by atoms with Crippen molar-refractivity contribution in [1.29, 1.82) is 0 Å². The molecule has 0 bridgehead atoms. The first kappa shape index (κ1) is 12.2. The fourth-order valence-corrected chi connectivity index (χ4v) is 3.41. The monoisotopic (exact) mass is 275 g/mol. The van der Waals surface area contributed by atoms with Crippen LogP contribution in [0.25, 0.3) is 0 Å². The number of nitrogens with zero attached hydrogens (tertiary/aromatic N) is 1. The number of aromatic nitrogens is 1. The molecule has 0 saturated carbocycles. The lowest BCUT2D eigenvalue weighted by atomic mass is 9.80. The predicted molar refractivity (Wildman–Crippen MR) is 67.3 cm³/mol. The Morgan fingerprint density at radius 3 is 2.50 bits per heavy atom. The first-order valence-electron chi connectivity index (χ1n) is 4.90. The maximum atomic E-state index is 4.29. The van der Waals surface area contributed by atoms with E-state index in [1.165, 1.54) is 9.88 Å². The molecule has 1 nitrogen and oxygen atoms in total. The highest BCUT2D eigenvalue weighted by atomic mass is 79.9. The van der Waals surface area contributed by atoms with E-state index in [4.69, 9.17) is 0 Å². The topological polar surface area (TPSA) is 12.9 Å². The molecule has 1 aromatic rings. The van der Waals surface area contributed by atoms with Crippen molar-refractivity contribution >= 4 is 27.3 Å². The van der Waals surface area contributed by atoms with Gasteiger partial charge in [0, 0.05) is 16.4 Å². The minimum Gasteiger partial charge on any atom is -0.250 e. The second-order valence-electron chi connectivity index (χ2n) is 4.77. The van der Waals surface area contributed by atoms with Crippen LogP contribution in [0.2, 0.25) is 0 Å². The van der Waals surface area contributed by atoms with Crippen LogP contribution in [-0.2, 0) is 6.42 Å². The van der Waals surface area contributed by atoms with Crippen molar-refractivity contribution < 1.29 is 0 Å². The van der Waals surface area contributed by atoms with Crippen LogP contribution in [0.15, 0.2) is 6.20 Å². The summed E-state index contributed by atoms with van der Waals surface area (Å²) in [4.78, 5) is 5.69. The average molecular weight is 276 g/mol. The first-order valence-corrected chi connectivity index (χ1v) is 6.84. The molecule has 0 aliphatic heterocycles. The van der Waals surface area contributed by atoms with Crippen molar-refractivity contribution in [3.63, 3.8) is 0 Å². The summed E-state index contributed by atoms with van der Waals surface area (Å²) >= 11 is 5.42. The molecule has 1 rings (SSSR count). The lowest BCUT2D eigenvalue weighted by molar-refractivity contribution is 0.268. The molecular formula is C11H18BrNS. The highest BCUT2D eigenvalue weighted by Gasteiger charge is 2.24. The Bertz CT molecular complexity index is 288. The Hall–Kier alpha value is 0.110. The lowest BCUT2D eigenvalue weighted by Crippen LogP contribution is -2.23. The third-order valence-electron chi connectivity index (χ3n) is 2.53. The van der Waals surface area contributed by atoms with Crippen LogP contribution in [-0.4, -0.2) is 10.3 Å². The van der Waals surface area contributed by atoms with E-state index in [0.29, 0.717) is 11.3 Å². The van der Waals surface area contributed by atoms with Crippen LogP contribution in [0, 0.1) is 18.3 Å². The SMILES string of the molecule is Cc1ncc(CC(CBr)C(C)(C)C)s1. The zero-order valence-electron chi connectivity index (χ0n) is 9.30. The van der Waals surface area contributed by atoms with Crippen LogP contribution in [0.4, 0.5) is 0 Å². The van der Waals surface area contributed by atoms with E-state index >= 15 is 0 Å². The van der Waals surface area contributed by atoms with Crippen molar-refractivity contribution in [2.75, 3.05) is 5.33 Å². The van der Waals surface area contributed by atoms with Gasteiger partial charge in [0.15, 0.2) is 0 Å². The van der Waals surface area contributed by atoms with Gasteiger partial charge in [-0.2, -0.15) is 0 Å². The zero-order valence-corrected chi connectivity index (χ0v) is 11.7. The third kappa shape index (κ3) is 3.35. The van der Waals surface area contributed by atoms with E-state index in [9.17, 15) is 0 Å². The molecule has 1 heterocycles. The zero-order chi connectivity index (χ0) is 10.8. The Labute approximate surface area is 99.1 Å². The number of alkyl halides is 1. The molecule has 0 spiro atoms. The fraction of sp³-hybridized carbons (Fsp3) is 0.727. The van der Waals surface area contributed by atoms with Gasteiger partial charge in [-0.15, -0.1) is 11.3 Å². The van der Waals surface area contributed by atoms with Gasteiger partial charge in [-0.1, -0.05) is 36.7 Å². The van der Waals surface area contributed by atoms with Crippen molar-refractivity contribution in [2.24, 2.45) is 11.3 Å². The maximum absolute atomic E-state index is 4.29. The van der Waals surface area contributed by atoms with Crippen LogP contribution < -0.4 is 0 Å². The molecule has 0 saturated heterocycles. The minimum atomic E-state index is 0.362. The molecule has 0 N–H and O–H groups in total. The Balaban J connectivity index is 2.66. The third-order valence-corrected chi connectivity index (χ3v) is 4.24. The van der Waals surface area contributed by atoms with Crippen LogP contribution in [0.3, 0.4) is 0 Å². The normalized spacial score (nSPS) is 14.4. The summed E-state index contributed by atoms with van der Waals surface area (Å²) < 4.78 is 0. The molecule has 1 aromatic heterocycles. The fourth-order valence-electron chi connectivity index (χ4n) is 1.33. The van der Waals surface area contributed by atoms with Crippen LogP contribution in [0.5, 0.6) is 0 Å². The van der Waals surface area contributed by atoms with Gasteiger partial charge in [0.25, 0.3) is 0 Å². The molecule has 0 fully saturated rings. The highest BCUT2D eigenvalue weighted by Crippen LogP contribution is 2.31. The lowest BCUT2D eigenvalue weighted by Gasteiger charge is -2.28. The molecule has 1 unspecified atom stereocenters. The number of halogens is 1. The quantitative estimate of drug-likeness (QED) is 0.759. The summed E-state index contributed by atoms with van der Waals surface area (Å²) in [6, 6.07) is 0. The summed E-state index contributed by atoms with van der Waals surface area (Å²) in [7, 11) is 0. The molecule has 0 aliphatic rings. The second kappa shape index (κ2) is 4.75. The number of hydrogen-bond donors (Lipinski definition) is 0. The standard InChI is InChI=1S/C11H18BrNS/c1-8-13-7-10(14-8)5-9(6-12)11(2,3)4/h7,9H,5-6H2,1-4H3. The van der Waals surface area contributed by atoms with Crippen molar-refractivity contribution in [3.8, 4) is 0 Å². The second-order valence-corrected chi connectivity index (χ2v) is 6.73. The van der Waals surface area contributed by atoms with Crippen LogP contribution in [0.1, 0.15) is 30.7 Å². The van der Waals surface area contributed by atoms with Gasteiger partial charge < -0.3 is 0 Å². The Morgan fingerprint density at radius 1 is 1.50 bits per heavy atom. The molecule has 3 heteroatoms. The molecule has 80 valence electrons. The molecule has 0 aromatic carbocycles. The number of hydrogen-bond acceptors (Lipinski definition) is 2. The van der Waals surface area contributed by atoms with Gasteiger partial charge in [-0.3, -0.25) is 0 Å². The van der Waals surface area contributed by atoms with Gasteiger partial charge in [0.2, 0.25) is 0 Å². The summed E-state index contributed by atoms with van der Waals surface area (Å²) in [5.41, 5.74) is 0.362. The molecule has 14 heavy (non-hydrogen) atoms. The van der Waals surface area contributed by atoms with Gasteiger partial charge >= 0.3 is 0 Å². The molecular weight excluding hydrogens is 258 g/mol. The van der Waals surface area contributed by atoms with Crippen LogP contribution >= 0.6 is 27.3 Å². The smallest absolute Gasteiger partial charge is 0.0896 e. The van der Waals surface area contributed by atoms with Crippen molar-refractivity contribution in [1.82, 2.24) is 4.98 Å². The van der Waals surface area contributed by atoms with Gasteiger partial charge in [0.05, 0.1) is 5.01 Å². The van der Waals surface area contributed by atoms with E-state index in [1.54, 1.807) is 0 Å². The Morgan fingerprint density at radius 2 is 2.14 bits per heavy atom. The molecule has 0 aliphatic carbocycles. The Kier molecular flexibility index (Phi) is 4.14. The average Bonchev–Trinajstić information content (AvgIpc) is 2.45. The summed E-state index contributed by atoms with van der Waals surface area (Å²) in [5.74, 6) is 0.683. The van der Waals surface area contributed by atoms with Crippen molar-refractivity contribution in [2.45, 2.75) is 34.1 Å². The van der Waals surface area contributed by atoms with E-state index in [1.807, 2.05) is 17.5 Å². The number of rotatable bonds is 3. The minimum absolute atomic E-state index is 0.362. The van der Waals surface area contributed by atoms with Gasteiger partial charge in [-0.25, -0.2) is 4.98 Å². The number of aryl methyl sites for hydroxylation is 1. The first-order chi connectivity index (χ1) is 6.43. The predicted octanol–water partition coefficient (Wildman–Crippen LogP) is 4.05. The highest BCUT2D eigenvalue weighted by molar-refractivity contribution is 9.09. The molecule has 0 amide bonds. The number of thiazole rings is 1. The summed E-state index contributed by atoms with van der Waals surface area (Å²) in [5, 5.41) is 2.23. The van der Waals surface area contributed by atoms with Crippen molar-refractivity contribution in [3.05, 3.63) is 16.1 Å². The van der Waals surface area contributed by atoms with Gasteiger partial charge in [0.1, 0.15) is 0 Å². The summed E-state index contributed by atoms with van der Waals surface area (Å²) in [6.07, 6.45) is 3.15. The molecule has 0 radical (unpaired) electrons. The molecule has 1 atom stereocenters. The summed E-state index contributed by atoms with van der Waals surface area (Å²) in [6.45, 7) is 8.96. The van der Waals surface area contributed by atoms with E-state index in [-0.39, 0.29) is 0 Å². The largest absolute Gasteiger partial charge is 0.250 e. The maximum Gasteiger partial charge on any atom is 0.0896 e. The van der Waals surface area contributed by atoms with E-state index in [2.05, 4.69) is 48.6 Å².